The zero-order valence-electron chi connectivity index (χ0n) is 15.4. The van der Waals surface area contributed by atoms with Crippen LogP contribution in [0.3, 0.4) is 0 Å². The van der Waals surface area contributed by atoms with E-state index in [1.807, 2.05) is 12.1 Å². The number of rotatable bonds is 4. The first-order valence-corrected chi connectivity index (χ1v) is 9.02. The molecule has 1 aliphatic heterocycles. The summed E-state index contributed by atoms with van der Waals surface area (Å²) in [6.45, 7) is 2.74. The van der Waals surface area contributed by atoms with Gasteiger partial charge in [-0.1, -0.05) is 0 Å². The fourth-order valence-corrected chi connectivity index (χ4v) is 3.17. The van der Waals surface area contributed by atoms with Crippen LogP contribution in [-0.2, 0) is 4.74 Å². The molecule has 0 bridgehead atoms. The van der Waals surface area contributed by atoms with Gasteiger partial charge in [0.2, 0.25) is 0 Å². The van der Waals surface area contributed by atoms with Gasteiger partial charge in [0.1, 0.15) is 17.1 Å². The number of fused-ring (bicyclic) bond motifs is 1. The van der Waals surface area contributed by atoms with Crippen molar-refractivity contribution in [1.82, 2.24) is 4.98 Å². The zero-order valence-corrected chi connectivity index (χ0v) is 15.4. The van der Waals surface area contributed by atoms with Gasteiger partial charge in [0.25, 0.3) is 5.91 Å². The number of benzene rings is 2. The third-order valence-corrected chi connectivity index (χ3v) is 4.68. The molecule has 0 saturated carbocycles. The van der Waals surface area contributed by atoms with Gasteiger partial charge < -0.3 is 19.7 Å². The molecule has 0 spiro atoms. The Hall–Kier alpha value is -3.19. The van der Waals surface area contributed by atoms with Crippen LogP contribution in [-0.4, -0.2) is 44.3 Å². The number of pyridine rings is 1. The number of anilines is 2. The molecule has 1 aliphatic rings. The maximum absolute atomic E-state index is 14.7. The number of aromatic nitrogens is 1. The molecule has 28 heavy (non-hydrogen) atoms. The van der Waals surface area contributed by atoms with E-state index in [1.54, 1.807) is 37.4 Å². The molecule has 0 atom stereocenters. The molecule has 7 heteroatoms. The Bertz CT molecular complexity index is 1000. The minimum Gasteiger partial charge on any atom is -0.497 e. The first-order chi connectivity index (χ1) is 13.6. The minimum atomic E-state index is -0.474. The van der Waals surface area contributed by atoms with E-state index in [0.29, 0.717) is 35.6 Å². The van der Waals surface area contributed by atoms with Gasteiger partial charge in [-0.2, -0.15) is 0 Å². The SMILES string of the molecule is COc1ccc(C(=O)Nc2cc(F)c3nc(N4CCOCC4)ccc3c2)cc1. The van der Waals surface area contributed by atoms with Crippen molar-refractivity contribution in [3.63, 3.8) is 0 Å². The summed E-state index contributed by atoms with van der Waals surface area (Å²) in [5.74, 6) is 0.595. The van der Waals surface area contributed by atoms with Crippen LogP contribution in [0.4, 0.5) is 15.9 Å². The quantitative estimate of drug-likeness (QED) is 0.750. The summed E-state index contributed by atoms with van der Waals surface area (Å²) < 4.78 is 25.1. The molecule has 6 nitrogen and oxygen atoms in total. The maximum atomic E-state index is 14.7. The van der Waals surface area contributed by atoms with Gasteiger partial charge in [0, 0.05) is 29.7 Å². The number of ether oxygens (including phenoxy) is 2. The number of methoxy groups -OCH3 is 1. The summed E-state index contributed by atoms with van der Waals surface area (Å²) >= 11 is 0. The summed E-state index contributed by atoms with van der Waals surface area (Å²) in [6, 6.07) is 13.4. The predicted molar refractivity (Wildman–Crippen MR) is 106 cm³/mol. The van der Waals surface area contributed by atoms with Crippen molar-refractivity contribution in [2.24, 2.45) is 0 Å². The Morgan fingerprint density at radius 3 is 2.61 bits per heavy atom. The monoisotopic (exact) mass is 381 g/mol. The Morgan fingerprint density at radius 1 is 1.14 bits per heavy atom. The van der Waals surface area contributed by atoms with Crippen molar-refractivity contribution < 1.29 is 18.7 Å². The first kappa shape index (κ1) is 18.2. The van der Waals surface area contributed by atoms with E-state index in [-0.39, 0.29) is 11.4 Å². The lowest BCUT2D eigenvalue weighted by Crippen LogP contribution is -2.36. The second kappa shape index (κ2) is 7.82. The number of morpholine rings is 1. The number of carbonyl (C=O) groups is 1. The van der Waals surface area contributed by atoms with Crippen molar-refractivity contribution in [3.8, 4) is 5.75 Å². The van der Waals surface area contributed by atoms with E-state index in [2.05, 4.69) is 15.2 Å². The lowest BCUT2D eigenvalue weighted by atomic mass is 10.1. The number of nitrogens with zero attached hydrogens (tertiary/aromatic N) is 2. The van der Waals surface area contributed by atoms with Crippen LogP contribution in [0.2, 0.25) is 0 Å². The predicted octanol–water partition coefficient (Wildman–Crippen LogP) is 3.47. The number of hydrogen-bond donors (Lipinski definition) is 1. The second-order valence-electron chi connectivity index (χ2n) is 6.48. The topological polar surface area (TPSA) is 63.7 Å². The highest BCUT2D eigenvalue weighted by molar-refractivity contribution is 6.05. The highest BCUT2D eigenvalue weighted by Crippen LogP contribution is 2.25. The van der Waals surface area contributed by atoms with E-state index in [0.717, 1.165) is 18.9 Å². The molecular formula is C21H20FN3O3. The van der Waals surface area contributed by atoms with Gasteiger partial charge in [-0.15, -0.1) is 0 Å². The Kier molecular flexibility index (Phi) is 5.08. The molecule has 0 radical (unpaired) electrons. The summed E-state index contributed by atoms with van der Waals surface area (Å²) in [7, 11) is 1.56. The largest absolute Gasteiger partial charge is 0.497 e. The molecule has 144 valence electrons. The van der Waals surface area contributed by atoms with E-state index < -0.39 is 5.82 Å². The molecule has 4 rings (SSSR count). The van der Waals surface area contributed by atoms with Gasteiger partial charge >= 0.3 is 0 Å². The first-order valence-electron chi connectivity index (χ1n) is 9.02. The summed E-state index contributed by atoms with van der Waals surface area (Å²) in [5.41, 5.74) is 1.13. The molecule has 2 aromatic carbocycles. The molecule has 1 saturated heterocycles. The normalized spacial score (nSPS) is 14.1. The number of carbonyl (C=O) groups excluding carboxylic acids is 1. The van der Waals surface area contributed by atoms with Crippen LogP contribution in [0.1, 0.15) is 10.4 Å². The molecule has 1 N–H and O–H groups in total. The Balaban J connectivity index is 1.57. The van der Waals surface area contributed by atoms with Gasteiger partial charge in [-0.3, -0.25) is 4.79 Å². The third kappa shape index (κ3) is 3.75. The van der Waals surface area contributed by atoms with Crippen LogP contribution in [0, 0.1) is 5.82 Å². The third-order valence-electron chi connectivity index (χ3n) is 4.68. The van der Waals surface area contributed by atoms with Gasteiger partial charge in [0.05, 0.1) is 20.3 Å². The summed E-state index contributed by atoms with van der Waals surface area (Å²) in [6.07, 6.45) is 0. The fraction of sp³-hybridized carbons (Fsp3) is 0.238. The molecule has 1 aromatic heterocycles. The Morgan fingerprint density at radius 2 is 1.89 bits per heavy atom. The van der Waals surface area contributed by atoms with E-state index in [9.17, 15) is 9.18 Å². The average Bonchev–Trinajstić information content (AvgIpc) is 2.74. The van der Waals surface area contributed by atoms with Crippen LogP contribution < -0.4 is 15.0 Å². The molecule has 0 aliphatic carbocycles. The molecule has 3 aromatic rings. The van der Waals surface area contributed by atoms with Crippen molar-refractivity contribution in [3.05, 3.63) is 59.9 Å². The molecule has 1 amide bonds. The smallest absolute Gasteiger partial charge is 0.255 e. The standard InChI is InChI=1S/C21H20FN3O3/c1-27-17-5-2-14(3-6-17)21(26)23-16-12-15-4-7-19(24-20(15)18(22)13-16)25-8-10-28-11-9-25/h2-7,12-13H,8-11H2,1H3,(H,23,26). The van der Waals surface area contributed by atoms with Crippen LogP contribution in [0.15, 0.2) is 48.5 Å². The van der Waals surface area contributed by atoms with E-state index in [1.165, 1.54) is 6.07 Å². The van der Waals surface area contributed by atoms with Gasteiger partial charge in [0.15, 0.2) is 5.82 Å². The van der Waals surface area contributed by atoms with Gasteiger partial charge in [-0.25, -0.2) is 9.37 Å². The molecule has 2 heterocycles. The second-order valence-corrected chi connectivity index (χ2v) is 6.48. The Labute approximate surface area is 161 Å². The number of halogens is 1. The summed E-state index contributed by atoms with van der Waals surface area (Å²) in [4.78, 5) is 18.9. The highest BCUT2D eigenvalue weighted by Gasteiger charge is 2.15. The summed E-state index contributed by atoms with van der Waals surface area (Å²) in [5, 5.41) is 3.36. The van der Waals surface area contributed by atoms with Crippen LogP contribution >= 0.6 is 0 Å². The molecule has 1 fully saturated rings. The lowest BCUT2D eigenvalue weighted by Gasteiger charge is -2.28. The van der Waals surface area contributed by atoms with Crippen molar-refractivity contribution in [2.45, 2.75) is 0 Å². The van der Waals surface area contributed by atoms with Crippen molar-refractivity contribution in [2.75, 3.05) is 43.6 Å². The van der Waals surface area contributed by atoms with Crippen molar-refractivity contribution in [1.29, 1.82) is 0 Å². The average molecular weight is 381 g/mol. The lowest BCUT2D eigenvalue weighted by molar-refractivity contribution is 0.102. The number of amides is 1. The molecule has 0 unspecified atom stereocenters. The zero-order chi connectivity index (χ0) is 19.5. The molecular weight excluding hydrogens is 361 g/mol. The van der Waals surface area contributed by atoms with Crippen LogP contribution in [0.25, 0.3) is 10.9 Å². The van der Waals surface area contributed by atoms with Gasteiger partial charge in [-0.05, 0) is 48.5 Å². The van der Waals surface area contributed by atoms with E-state index >= 15 is 0 Å². The van der Waals surface area contributed by atoms with E-state index in [4.69, 9.17) is 9.47 Å². The fourth-order valence-electron chi connectivity index (χ4n) is 3.17. The number of hydrogen-bond acceptors (Lipinski definition) is 5. The maximum Gasteiger partial charge on any atom is 0.255 e. The van der Waals surface area contributed by atoms with Crippen molar-refractivity contribution >= 4 is 28.3 Å². The number of nitrogens with one attached hydrogen (secondary N) is 1. The minimum absolute atomic E-state index is 0.284. The van der Waals surface area contributed by atoms with Crippen LogP contribution in [0.5, 0.6) is 5.75 Å². The highest BCUT2D eigenvalue weighted by atomic mass is 19.1.